The third-order valence-electron chi connectivity index (χ3n) is 6.34. The lowest BCUT2D eigenvalue weighted by molar-refractivity contribution is -0.0676. The minimum Gasteiger partial charge on any atom is -0.429 e. The van der Waals surface area contributed by atoms with E-state index in [0.29, 0.717) is 0 Å². The summed E-state index contributed by atoms with van der Waals surface area (Å²) in [5.41, 5.74) is -1.39. The predicted octanol–water partition coefficient (Wildman–Crippen LogP) is -2.12. The van der Waals surface area contributed by atoms with E-state index in [1.165, 1.54) is 0 Å². The molecule has 4 rings (SSSR count). The van der Waals surface area contributed by atoms with Crippen LogP contribution in [0.25, 0.3) is 0 Å². The normalized spacial score (nSPS) is 36.5. The SMILES string of the molecule is [B][C@@H]1O[C@H](CO)C(O)[C@@H]1OC(=O)OC(C)(C)C.[B][C@@H]1O[C@H](CO)C(OC(=O)OC(C)(C)C)[C@@H]1O.[B][C@@H]1O[C@H](CO)C2OC(=O)O[C@@H]21. The molecule has 4 aliphatic rings. The number of aliphatic hydroxyl groups excluding tert-OH is 5. The van der Waals surface area contributed by atoms with Gasteiger partial charge in [0.15, 0.2) is 24.4 Å². The molecule has 0 saturated carbocycles. The van der Waals surface area contributed by atoms with Gasteiger partial charge in [-0.2, -0.15) is 0 Å². The second kappa shape index (κ2) is 16.7. The van der Waals surface area contributed by atoms with Crippen molar-refractivity contribution in [3.8, 4) is 0 Å². The predicted molar refractivity (Wildman–Crippen MR) is 154 cm³/mol. The molecule has 4 aliphatic heterocycles. The maximum Gasteiger partial charge on any atom is 0.509 e. The third-order valence-corrected chi connectivity index (χ3v) is 6.34. The van der Waals surface area contributed by atoms with Gasteiger partial charge in [0.2, 0.25) is 0 Å². The number of hydrogen-bond acceptors (Lipinski definition) is 17. The minimum atomic E-state index is -1.18. The molecule has 0 aromatic carbocycles. The molecule has 0 aliphatic carbocycles. The van der Waals surface area contributed by atoms with E-state index in [4.69, 9.17) is 81.5 Å². The molecule has 46 heavy (non-hydrogen) atoms. The van der Waals surface area contributed by atoms with Gasteiger partial charge in [-0.05, 0) is 41.5 Å². The average molecular weight is 658 g/mol. The molecule has 0 aromatic rings. The second-order valence-corrected chi connectivity index (χ2v) is 12.5. The summed E-state index contributed by atoms with van der Waals surface area (Å²) in [7, 11) is 16.4. The van der Waals surface area contributed by atoms with E-state index in [-0.39, 0.29) is 6.61 Å². The van der Waals surface area contributed by atoms with Gasteiger partial charge in [-0.25, -0.2) is 14.4 Å². The van der Waals surface area contributed by atoms with Gasteiger partial charge in [0.25, 0.3) is 0 Å². The molecule has 3 unspecified atom stereocenters. The Morgan fingerprint density at radius 3 is 1.54 bits per heavy atom. The number of fused-ring (bicyclic) bond motifs is 1. The van der Waals surface area contributed by atoms with E-state index in [1.54, 1.807) is 41.5 Å². The van der Waals surface area contributed by atoms with Crippen molar-refractivity contribution in [1.29, 1.82) is 0 Å². The number of hydrogen-bond donors (Lipinski definition) is 5. The maximum absolute atomic E-state index is 11.4. The van der Waals surface area contributed by atoms with Gasteiger partial charge < -0.3 is 68.2 Å². The first-order valence-electron chi connectivity index (χ1n) is 14.3. The molecule has 0 aromatic heterocycles. The van der Waals surface area contributed by atoms with Crippen molar-refractivity contribution in [2.75, 3.05) is 19.8 Å². The Labute approximate surface area is 270 Å². The fourth-order valence-electron chi connectivity index (χ4n) is 4.31. The maximum atomic E-state index is 11.4. The van der Waals surface area contributed by atoms with Gasteiger partial charge in [0.1, 0.15) is 65.3 Å². The number of carbonyl (C=O) groups excluding carboxylic acids is 3. The number of aliphatic hydroxyl groups is 5. The molecule has 256 valence electrons. The summed E-state index contributed by atoms with van der Waals surface area (Å²) < 4.78 is 44.1. The lowest BCUT2D eigenvalue weighted by atomic mass is 9.93. The standard InChI is InChI=1S/2C10H17BO6.C6H7BO5/c1-10(2,3)17-9(14)16-7-5(4-12)15-8(11)6(7)13;1-10(2,3)17-9(14)16-7-6(13)5(4-12)15-8(7)11;7-5-4-3(2(1-8)10-5)11-6(9)12-4/h2*5-8,12-13H,4H2,1-3H3;2-5,8H,1H2/t5-,6+,7?,8-;5-,6?,7+,8-;2-,3?,4+,5-/m111/s1. The highest BCUT2D eigenvalue weighted by atomic mass is 16.8. The Morgan fingerprint density at radius 1 is 0.652 bits per heavy atom. The zero-order chi connectivity index (χ0) is 35.1. The summed E-state index contributed by atoms with van der Waals surface area (Å²) in [6.07, 6.45) is -10.4. The molecule has 0 bridgehead atoms. The van der Waals surface area contributed by atoms with E-state index in [9.17, 15) is 24.6 Å². The van der Waals surface area contributed by atoms with Crippen molar-refractivity contribution in [2.24, 2.45) is 0 Å². The second-order valence-electron chi connectivity index (χ2n) is 12.5. The van der Waals surface area contributed by atoms with Crippen LogP contribution in [0.3, 0.4) is 0 Å². The lowest BCUT2D eigenvalue weighted by Crippen LogP contribution is -2.39. The quantitative estimate of drug-likeness (QED) is 0.121. The molecular weight excluding hydrogens is 617 g/mol. The van der Waals surface area contributed by atoms with Crippen LogP contribution < -0.4 is 0 Å². The van der Waals surface area contributed by atoms with Crippen molar-refractivity contribution in [3.63, 3.8) is 0 Å². The van der Waals surface area contributed by atoms with Crippen LogP contribution in [0.1, 0.15) is 41.5 Å². The Kier molecular flexibility index (Phi) is 14.5. The minimum absolute atomic E-state index is 0.231. The van der Waals surface area contributed by atoms with E-state index in [1.807, 2.05) is 0 Å². The largest absolute Gasteiger partial charge is 0.509 e. The molecule has 5 N–H and O–H groups in total. The van der Waals surface area contributed by atoms with Gasteiger partial charge in [0, 0.05) is 6.00 Å². The summed E-state index contributed by atoms with van der Waals surface area (Å²) in [6, 6.07) is -2.66. The van der Waals surface area contributed by atoms with Crippen molar-refractivity contribution in [3.05, 3.63) is 0 Å². The van der Waals surface area contributed by atoms with Crippen LogP contribution in [0.5, 0.6) is 0 Å². The molecule has 17 nitrogen and oxygen atoms in total. The molecule has 12 atom stereocenters. The molecular formula is C26H41B3O17. The lowest BCUT2D eigenvalue weighted by Gasteiger charge is -2.23. The van der Waals surface area contributed by atoms with Crippen LogP contribution in [0.15, 0.2) is 0 Å². The molecule has 0 amide bonds. The highest BCUT2D eigenvalue weighted by molar-refractivity contribution is 6.12. The van der Waals surface area contributed by atoms with Gasteiger partial charge in [-0.15, -0.1) is 0 Å². The molecule has 20 heteroatoms. The van der Waals surface area contributed by atoms with E-state index >= 15 is 0 Å². The van der Waals surface area contributed by atoms with Crippen molar-refractivity contribution >= 4 is 42.0 Å². The molecule has 0 spiro atoms. The van der Waals surface area contributed by atoms with Crippen LogP contribution in [0, 0.1) is 0 Å². The highest BCUT2D eigenvalue weighted by Gasteiger charge is 2.51. The fraction of sp³-hybridized carbons (Fsp3) is 0.885. The van der Waals surface area contributed by atoms with E-state index < -0.39 is 116 Å². The Hall–Kier alpha value is -2.32. The molecule has 6 radical (unpaired) electrons. The van der Waals surface area contributed by atoms with E-state index in [0.717, 1.165) is 0 Å². The van der Waals surface area contributed by atoms with Crippen LogP contribution >= 0.6 is 0 Å². The Balaban J connectivity index is 0.000000244. The smallest absolute Gasteiger partial charge is 0.429 e. The van der Waals surface area contributed by atoms with Crippen molar-refractivity contribution in [1.82, 2.24) is 0 Å². The van der Waals surface area contributed by atoms with Gasteiger partial charge in [-0.1, -0.05) is 0 Å². The first-order valence-corrected chi connectivity index (χ1v) is 14.3. The van der Waals surface area contributed by atoms with Crippen molar-refractivity contribution in [2.45, 2.75) is 126 Å². The molecule has 4 saturated heterocycles. The van der Waals surface area contributed by atoms with Crippen molar-refractivity contribution < 1.29 is 82.5 Å². The number of carbonyl (C=O) groups is 3. The average Bonchev–Trinajstić information content (AvgIpc) is 3.62. The number of rotatable bonds is 5. The third kappa shape index (κ3) is 11.4. The Morgan fingerprint density at radius 2 is 1.09 bits per heavy atom. The summed E-state index contributed by atoms with van der Waals surface area (Å²) in [4.78, 5) is 33.4. The first-order chi connectivity index (χ1) is 21.2. The summed E-state index contributed by atoms with van der Waals surface area (Å²) in [6.45, 7) is 9.08. The zero-order valence-corrected chi connectivity index (χ0v) is 26.4. The van der Waals surface area contributed by atoms with Crippen LogP contribution in [0.4, 0.5) is 14.4 Å². The fourth-order valence-corrected chi connectivity index (χ4v) is 4.31. The van der Waals surface area contributed by atoms with Crippen LogP contribution in [0.2, 0.25) is 0 Å². The Bertz CT molecular complexity index is 1010. The first kappa shape index (κ1) is 39.9. The van der Waals surface area contributed by atoms with Gasteiger partial charge in [0.05, 0.1) is 31.8 Å². The van der Waals surface area contributed by atoms with Crippen LogP contribution in [-0.2, 0) is 42.6 Å². The van der Waals surface area contributed by atoms with E-state index in [2.05, 4.69) is 0 Å². The monoisotopic (exact) mass is 658 g/mol. The topological polar surface area (TPSA) is 235 Å². The number of ether oxygens (including phenoxy) is 9. The zero-order valence-electron chi connectivity index (χ0n) is 26.4. The summed E-state index contributed by atoms with van der Waals surface area (Å²) >= 11 is 0. The summed E-state index contributed by atoms with van der Waals surface area (Å²) in [5.74, 6) is 0. The molecule has 4 fully saturated rings. The van der Waals surface area contributed by atoms with Gasteiger partial charge >= 0.3 is 18.5 Å². The summed E-state index contributed by atoms with van der Waals surface area (Å²) in [5, 5.41) is 45.9. The molecule has 4 heterocycles. The van der Waals surface area contributed by atoms with Gasteiger partial charge in [-0.3, -0.25) is 0 Å². The van der Waals surface area contributed by atoms with Crippen LogP contribution in [-0.4, -0.2) is 172 Å². The highest BCUT2D eigenvalue weighted by Crippen LogP contribution is 2.30.